The first kappa shape index (κ1) is 18.2. The number of carbonyl (C=O) groups is 1. The SMILES string of the molecule is COc1ccc2c(c1)CC/C(=C\c1ccc(OCCN(C)C)cc1)C2=O. The Morgan fingerprint density at radius 1 is 1.04 bits per heavy atom. The highest BCUT2D eigenvalue weighted by Gasteiger charge is 2.22. The van der Waals surface area contributed by atoms with Crippen LogP contribution in [0.1, 0.15) is 27.9 Å². The number of rotatable bonds is 6. The molecule has 3 rings (SSSR count). The molecule has 0 aromatic heterocycles. The normalized spacial score (nSPS) is 15.2. The number of hydrogen-bond donors (Lipinski definition) is 0. The molecule has 136 valence electrons. The summed E-state index contributed by atoms with van der Waals surface area (Å²) in [6.45, 7) is 1.54. The third-order valence-electron chi connectivity index (χ3n) is 4.54. The fourth-order valence-electron chi connectivity index (χ4n) is 3.03. The van der Waals surface area contributed by atoms with Crippen molar-refractivity contribution in [1.82, 2.24) is 4.90 Å². The first-order chi connectivity index (χ1) is 12.6. The summed E-state index contributed by atoms with van der Waals surface area (Å²) in [7, 11) is 5.69. The van der Waals surface area contributed by atoms with Gasteiger partial charge in [-0.2, -0.15) is 0 Å². The Balaban J connectivity index is 1.71. The van der Waals surface area contributed by atoms with Gasteiger partial charge in [0.2, 0.25) is 0 Å². The molecule has 2 aromatic rings. The zero-order valence-corrected chi connectivity index (χ0v) is 15.6. The highest BCUT2D eigenvalue weighted by molar-refractivity contribution is 6.13. The summed E-state index contributed by atoms with van der Waals surface area (Å²) in [5.74, 6) is 1.76. The van der Waals surface area contributed by atoms with Gasteiger partial charge in [-0.25, -0.2) is 0 Å². The van der Waals surface area contributed by atoms with E-state index in [1.54, 1.807) is 7.11 Å². The van der Waals surface area contributed by atoms with Gasteiger partial charge in [0.15, 0.2) is 5.78 Å². The lowest BCUT2D eigenvalue weighted by Gasteiger charge is -2.18. The number of allylic oxidation sites excluding steroid dienone is 1. The first-order valence-corrected chi connectivity index (χ1v) is 8.86. The van der Waals surface area contributed by atoms with Gasteiger partial charge in [0.1, 0.15) is 18.1 Å². The van der Waals surface area contributed by atoms with E-state index in [1.807, 2.05) is 62.6 Å². The summed E-state index contributed by atoms with van der Waals surface area (Å²) in [6, 6.07) is 13.6. The highest BCUT2D eigenvalue weighted by atomic mass is 16.5. The molecule has 0 radical (unpaired) electrons. The minimum Gasteiger partial charge on any atom is -0.497 e. The van der Waals surface area contributed by atoms with Crippen molar-refractivity contribution in [2.75, 3.05) is 34.4 Å². The molecule has 0 N–H and O–H groups in total. The van der Waals surface area contributed by atoms with Gasteiger partial charge in [0.05, 0.1) is 7.11 Å². The predicted octanol–water partition coefficient (Wildman–Crippen LogP) is 3.85. The average Bonchev–Trinajstić information content (AvgIpc) is 2.65. The number of fused-ring (bicyclic) bond motifs is 1. The number of carbonyl (C=O) groups excluding carboxylic acids is 1. The fraction of sp³-hybridized carbons (Fsp3) is 0.318. The number of ketones is 1. The average molecular weight is 351 g/mol. The molecule has 0 saturated heterocycles. The molecule has 4 nitrogen and oxygen atoms in total. The summed E-state index contributed by atoms with van der Waals surface area (Å²) >= 11 is 0. The maximum absolute atomic E-state index is 12.8. The number of hydrogen-bond acceptors (Lipinski definition) is 4. The van der Waals surface area contributed by atoms with Gasteiger partial charge in [-0.15, -0.1) is 0 Å². The molecule has 0 spiro atoms. The summed E-state index contributed by atoms with van der Waals surface area (Å²) in [6.07, 6.45) is 3.59. The van der Waals surface area contributed by atoms with Crippen LogP contribution < -0.4 is 9.47 Å². The van der Waals surface area contributed by atoms with E-state index in [9.17, 15) is 4.79 Å². The molecule has 1 aliphatic rings. The van der Waals surface area contributed by atoms with Crippen LogP contribution in [0.2, 0.25) is 0 Å². The molecule has 1 aliphatic carbocycles. The van der Waals surface area contributed by atoms with Crippen molar-refractivity contribution in [2.24, 2.45) is 0 Å². The van der Waals surface area contributed by atoms with Crippen molar-refractivity contribution in [2.45, 2.75) is 12.8 Å². The number of Topliss-reactive ketones (excluding diaryl/α,β-unsaturated/α-hetero) is 1. The molecule has 0 atom stereocenters. The van der Waals surface area contributed by atoms with Crippen LogP contribution in [0.5, 0.6) is 11.5 Å². The van der Waals surface area contributed by atoms with Crippen molar-refractivity contribution in [1.29, 1.82) is 0 Å². The smallest absolute Gasteiger partial charge is 0.189 e. The molecule has 26 heavy (non-hydrogen) atoms. The zero-order chi connectivity index (χ0) is 18.5. The molecule has 2 aromatic carbocycles. The van der Waals surface area contributed by atoms with Crippen LogP contribution in [0.25, 0.3) is 6.08 Å². The highest BCUT2D eigenvalue weighted by Crippen LogP contribution is 2.29. The van der Waals surface area contributed by atoms with Crippen molar-refractivity contribution >= 4 is 11.9 Å². The van der Waals surface area contributed by atoms with E-state index in [1.165, 1.54) is 0 Å². The number of nitrogens with zero attached hydrogens (tertiary/aromatic N) is 1. The van der Waals surface area contributed by atoms with Crippen molar-refractivity contribution < 1.29 is 14.3 Å². The van der Waals surface area contributed by atoms with Crippen molar-refractivity contribution in [3.63, 3.8) is 0 Å². The minimum atomic E-state index is 0.111. The van der Waals surface area contributed by atoms with Crippen LogP contribution in [0.3, 0.4) is 0 Å². The monoisotopic (exact) mass is 351 g/mol. The second kappa shape index (κ2) is 8.19. The number of ether oxygens (including phenoxy) is 2. The number of methoxy groups -OCH3 is 1. The summed E-state index contributed by atoms with van der Waals surface area (Å²) in [4.78, 5) is 14.8. The van der Waals surface area contributed by atoms with Crippen LogP contribution in [0, 0.1) is 0 Å². The van der Waals surface area contributed by atoms with Crippen LogP contribution in [-0.4, -0.2) is 45.0 Å². The molecular weight excluding hydrogens is 326 g/mol. The Morgan fingerprint density at radius 2 is 1.77 bits per heavy atom. The van der Waals surface area contributed by atoms with Gasteiger partial charge in [-0.1, -0.05) is 12.1 Å². The lowest BCUT2D eigenvalue weighted by atomic mass is 9.86. The van der Waals surface area contributed by atoms with E-state index in [4.69, 9.17) is 9.47 Å². The van der Waals surface area contributed by atoms with E-state index in [-0.39, 0.29) is 5.78 Å². The van der Waals surface area contributed by atoms with Gasteiger partial charge in [-0.05, 0) is 74.5 Å². The third-order valence-corrected chi connectivity index (χ3v) is 4.54. The quantitative estimate of drug-likeness (QED) is 0.741. The predicted molar refractivity (Wildman–Crippen MR) is 104 cm³/mol. The number of likely N-dealkylation sites (N-methyl/N-ethyl adjacent to an activating group) is 1. The first-order valence-electron chi connectivity index (χ1n) is 8.86. The molecule has 0 aliphatic heterocycles. The van der Waals surface area contributed by atoms with Crippen LogP contribution in [-0.2, 0) is 6.42 Å². The van der Waals surface area contributed by atoms with Gasteiger partial charge < -0.3 is 14.4 Å². The lowest BCUT2D eigenvalue weighted by molar-refractivity contribution is 0.102. The van der Waals surface area contributed by atoms with Crippen LogP contribution >= 0.6 is 0 Å². The maximum Gasteiger partial charge on any atom is 0.189 e. The largest absolute Gasteiger partial charge is 0.497 e. The Morgan fingerprint density at radius 3 is 2.46 bits per heavy atom. The van der Waals surface area contributed by atoms with Crippen molar-refractivity contribution in [3.05, 3.63) is 64.7 Å². The van der Waals surface area contributed by atoms with Crippen LogP contribution in [0.15, 0.2) is 48.0 Å². The van der Waals surface area contributed by atoms with E-state index in [0.717, 1.165) is 53.1 Å². The third kappa shape index (κ3) is 4.33. The topological polar surface area (TPSA) is 38.8 Å². The molecule has 0 saturated carbocycles. The Hall–Kier alpha value is -2.59. The molecule has 4 heteroatoms. The summed E-state index contributed by atoms with van der Waals surface area (Å²) in [5, 5.41) is 0. The van der Waals surface area contributed by atoms with Crippen molar-refractivity contribution in [3.8, 4) is 11.5 Å². The number of aryl methyl sites for hydroxylation is 1. The Labute approximate surface area is 155 Å². The summed E-state index contributed by atoms with van der Waals surface area (Å²) < 4.78 is 11.0. The fourth-order valence-corrected chi connectivity index (χ4v) is 3.03. The molecule has 0 heterocycles. The summed E-state index contributed by atoms with van der Waals surface area (Å²) in [5.41, 5.74) is 3.72. The maximum atomic E-state index is 12.8. The number of benzene rings is 2. The molecule has 0 unspecified atom stereocenters. The molecule has 0 bridgehead atoms. The van der Waals surface area contributed by atoms with E-state index in [2.05, 4.69) is 4.90 Å². The van der Waals surface area contributed by atoms with E-state index >= 15 is 0 Å². The van der Waals surface area contributed by atoms with Gasteiger partial charge in [0, 0.05) is 17.7 Å². The second-order valence-electron chi connectivity index (χ2n) is 6.74. The second-order valence-corrected chi connectivity index (χ2v) is 6.74. The van der Waals surface area contributed by atoms with E-state index < -0.39 is 0 Å². The molecule has 0 amide bonds. The Bertz CT molecular complexity index is 807. The van der Waals surface area contributed by atoms with Crippen LogP contribution in [0.4, 0.5) is 0 Å². The van der Waals surface area contributed by atoms with Gasteiger partial charge in [-0.3, -0.25) is 4.79 Å². The standard InChI is InChI=1S/C22H25NO3/c1-23(2)12-13-26-19-8-4-16(5-9-19)14-18-7-6-17-15-20(25-3)10-11-21(17)22(18)24/h4-5,8-11,14-15H,6-7,12-13H2,1-3H3/b18-14+. The van der Waals surface area contributed by atoms with E-state index in [0.29, 0.717) is 6.61 Å². The van der Waals surface area contributed by atoms with Gasteiger partial charge >= 0.3 is 0 Å². The lowest BCUT2D eigenvalue weighted by Crippen LogP contribution is -2.19. The molecule has 0 fully saturated rings. The minimum absolute atomic E-state index is 0.111. The molecular formula is C22H25NO3. The van der Waals surface area contributed by atoms with Gasteiger partial charge in [0.25, 0.3) is 0 Å². The Kier molecular flexibility index (Phi) is 5.74. The zero-order valence-electron chi connectivity index (χ0n) is 15.6.